The zero-order chi connectivity index (χ0) is 18.4. The molecular weight excluding hydrogens is 322 g/mol. The summed E-state index contributed by atoms with van der Waals surface area (Å²) < 4.78 is 0. The molecule has 2 rings (SSSR count). The number of nitrogens with zero attached hydrogens (tertiary/aromatic N) is 2. The minimum absolute atomic E-state index is 0.0911. The van der Waals surface area contributed by atoms with Crippen LogP contribution in [-0.2, 0) is 16.1 Å². The van der Waals surface area contributed by atoms with Crippen LogP contribution in [0.25, 0.3) is 0 Å². The van der Waals surface area contributed by atoms with Gasteiger partial charge in [0.15, 0.2) is 0 Å². The van der Waals surface area contributed by atoms with E-state index in [-0.39, 0.29) is 24.9 Å². The SMILES string of the molecule is CN(Cc1ccccc1)C(=O)NCCC(=O)N1CCCC1(C)C(=O)O. The summed E-state index contributed by atoms with van der Waals surface area (Å²) in [6.07, 6.45) is 1.23. The van der Waals surface area contributed by atoms with Crippen LogP contribution in [0.2, 0.25) is 0 Å². The number of hydrogen-bond donors (Lipinski definition) is 2. The number of benzene rings is 1. The third-order valence-corrected chi connectivity index (χ3v) is 4.63. The van der Waals surface area contributed by atoms with Crippen molar-refractivity contribution in [2.24, 2.45) is 0 Å². The minimum Gasteiger partial charge on any atom is -0.480 e. The molecule has 7 heteroatoms. The summed E-state index contributed by atoms with van der Waals surface area (Å²) in [6, 6.07) is 9.35. The summed E-state index contributed by atoms with van der Waals surface area (Å²) >= 11 is 0. The number of urea groups is 1. The van der Waals surface area contributed by atoms with Crippen LogP contribution >= 0.6 is 0 Å². The molecule has 1 atom stereocenters. The van der Waals surface area contributed by atoms with Gasteiger partial charge in [-0.15, -0.1) is 0 Å². The van der Waals surface area contributed by atoms with E-state index in [2.05, 4.69) is 5.32 Å². The lowest BCUT2D eigenvalue weighted by Crippen LogP contribution is -2.51. The molecule has 1 aromatic carbocycles. The molecule has 3 amide bonds. The number of aliphatic carboxylic acids is 1. The summed E-state index contributed by atoms with van der Waals surface area (Å²) in [5, 5.41) is 12.1. The Labute approximate surface area is 147 Å². The maximum Gasteiger partial charge on any atom is 0.329 e. The van der Waals surface area contributed by atoms with Crippen molar-refractivity contribution in [3.63, 3.8) is 0 Å². The fraction of sp³-hybridized carbons (Fsp3) is 0.500. The number of carboxylic acids is 1. The lowest BCUT2D eigenvalue weighted by atomic mass is 9.99. The number of nitrogens with one attached hydrogen (secondary N) is 1. The van der Waals surface area contributed by atoms with E-state index >= 15 is 0 Å². The fourth-order valence-corrected chi connectivity index (χ4v) is 3.06. The zero-order valence-electron chi connectivity index (χ0n) is 14.7. The lowest BCUT2D eigenvalue weighted by Gasteiger charge is -2.31. The molecule has 1 unspecified atom stereocenters. The van der Waals surface area contributed by atoms with Crippen molar-refractivity contribution < 1.29 is 19.5 Å². The van der Waals surface area contributed by atoms with Gasteiger partial charge in [0.1, 0.15) is 5.54 Å². The van der Waals surface area contributed by atoms with Crippen molar-refractivity contribution >= 4 is 17.9 Å². The van der Waals surface area contributed by atoms with Gasteiger partial charge in [-0.2, -0.15) is 0 Å². The molecule has 136 valence electrons. The molecule has 1 heterocycles. The second-order valence-electron chi connectivity index (χ2n) is 6.55. The average molecular weight is 347 g/mol. The van der Waals surface area contributed by atoms with E-state index in [1.165, 1.54) is 9.80 Å². The Morgan fingerprint density at radius 1 is 1.28 bits per heavy atom. The van der Waals surface area contributed by atoms with E-state index in [0.29, 0.717) is 25.9 Å². The van der Waals surface area contributed by atoms with Crippen LogP contribution in [0, 0.1) is 0 Å². The van der Waals surface area contributed by atoms with Crippen molar-refractivity contribution in [1.82, 2.24) is 15.1 Å². The van der Waals surface area contributed by atoms with Crippen LogP contribution in [0.3, 0.4) is 0 Å². The molecule has 0 bridgehead atoms. The Balaban J connectivity index is 1.79. The Morgan fingerprint density at radius 2 is 1.96 bits per heavy atom. The van der Waals surface area contributed by atoms with Crippen molar-refractivity contribution in [3.05, 3.63) is 35.9 Å². The van der Waals surface area contributed by atoms with Gasteiger partial charge < -0.3 is 20.2 Å². The summed E-state index contributed by atoms with van der Waals surface area (Å²) in [4.78, 5) is 38.8. The Bertz CT molecular complexity index is 634. The molecule has 0 saturated carbocycles. The molecule has 0 radical (unpaired) electrons. The highest BCUT2D eigenvalue weighted by Gasteiger charge is 2.45. The van der Waals surface area contributed by atoms with E-state index in [0.717, 1.165) is 5.56 Å². The van der Waals surface area contributed by atoms with Crippen molar-refractivity contribution in [2.75, 3.05) is 20.1 Å². The molecule has 1 aliphatic rings. The normalized spacial score (nSPS) is 19.5. The first kappa shape index (κ1) is 18.8. The summed E-state index contributed by atoms with van der Waals surface area (Å²) in [5.74, 6) is -1.22. The van der Waals surface area contributed by atoms with E-state index in [9.17, 15) is 19.5 Å². The van der Waals surface area contributed by atoms with Gasteiger partial charge in [-0.3, -0.25) is 4.79 Å². The number of likely N-dealkylation sites (tertiary alicyclic amines) is 1. The Kier molecular flexibility index (Phi) is 6.01. The maximum absolute atomic E-state index is 12.3. The molecule has 1 aliphatic heterocycles. The molecule has 0 spiro atoms. The van der Waals surface area contributed by atoms with Gasteiger partial charge in [0, 0.05) is 33.1 Å². The number of carbonyl (C=O) groups is 3. The van der Waals surface area contributed by atoms with Gasteiger partial charge in [0.2, 0.25) is 5.91 Å². The molecule has 0 aromatic heterocycles. The predicted octanol–water partition coefficient (Wildman–Crippen LogP) is 1.68. The van der Waals surface area contributed by atoms with Crippen LogP contribution in [0.4, 0.5) is 4.79 Å². The van der Waals surface area contributed by atoms with Crippen LogP contribution < -0.4 is 5.32 Å². The Hall–Kier alpha value is -2.57. The third-order valence-electron chi connectivity index (χ3n) is 4.63. The molecule has 25 heavy (non-hydrogen) atoms. The smallest absolute Gasteiger partial charge is 0.329 e. The Morgan fingerprint density at radius 3 is 2.60 bits per heavy atom. The second kappa shape index (κ2) is 8.00. The van der Waals surface area contributed by atoms with Gasteiger partial charge in [-0.1, -0.05) is 30.3 Å². The first-order valence-electron chi connectivity index (χ1n) is 8.41. The molecular formula is C18H25N3O4. The number of amides is 3. The number of rotatable bonds is 6. The average Bonchev–Trinajstić information content (AvgIpc) is 2.99. The van der Waals surface area contributed by atoms with Gasteiger partial charge in [-0.25, -0.2) is 9.59 Å². The third kappa shape index (κ3) is 4.49. The summed E-state index contributed by atoms with van der Waals surface area (Å²) in [5.41, 5.74) is -0.115. The maximum atomic E-state index is 12.3. The van der Waals surface area contributed by atoms with E-state index in [1.54, 1.807) is 14.0 Å². The number of carboxylic acid groups (broad SMARTS) is 1. The quantitative estimate of drug-likeness (QED) is 0.819. The molecule has 1 aromatic rings. The number of hydrogen-bond acceptors (Lipinski definition) is 3. The summed E-state index contributed by atoms with van der Waals surface area (Å²) in [7, 11) is 1.69. The lowest BCUT2D eigenvalue weighted by molar-refractivity contribution is -0.155. The van der Waals surface area contributed by atoms with Crippen molar-refractivity contribution in [1.29, 1.82) is 0 Å². The zero-order valence-corrected chi connectivity index (χ0v) is 14.7. The fourth-order valence-electron chi connectivity index (χ4n) is 3.06. The standard InChI is InChI=1S/C18H25N3O4/c1-18(16(23)24)10-6-12-21(18)15(22)9-11-19-17(25)20(2)13-14-7-4-3-5-8-14/h3-5,7-8H,6,9-13H2,1-2H3,(H,19,25)(H,23,24). The highest BCUT2D eigenvalue weighted by Crippen LogP contribution is 2.29. The molecule has 2 N–H and O–H groups in total. The minimum atomic E-state index is -1.13. The first-order chi connectivity index (χ1) is 11.8. The largest absolute Gasteiger partial charge is 0.480 e. The monoisotopic (exact) mass is 347 g/mol. The van der Waals surface area contributed by atoms with Crippen LogP contribution in [-0.4, -0.2) is 58.5 Å². The predicted molar refractivity (Wildman–Crippen MR) is 92.9 cm³/mol. The molecule has 7 nitrogen and oxygen atoms in total. The van der Waals surface area contributed by atoms with Crippen LogP contribution in [0.15, 0.2) is 30.3 Å². The second-order valence-corrected chi connectivity index (χ2v) is 6.55. The molecule has 0 aliphatic carbocycles. The van der Waals surface area contributed by atoms with Gasteiger partial charge in [0.05, 0.1) is 0 Å². The highest BCUT2D eigenvalue weighted by molar-refractivity contribution is 5.87. The molecule has 1 saturated heterocycles. The van der Waals surface area contributed by atoms with Crippen LogP contribution in [0.5, 0.6) is 0 Å². The van der Waals surface area contributed by atoms with E-state index < -0.39 is 11.5 Å². The van der Waals surface area contributed by atoms with Crippen LogP contribution in [0.1, 0.15) is 31.7 Å². The van der Waals surface area contributed by atoms with E-state index in [1.807, 2.05) is 30.3 Å². The van der Waals surface area contributed by atoms with Crippen molar-refractivity contribution in [2.45, 2.75) is 38.3 Å². The van der Waals surface area contributed by atoms with Gasteiger partial charge in [0.25, 0.3) is 0 Å². The van der Waals surface area contributed by atoms with Gasteiger partial charge in [-0.05, 0) is 25.3 Å². The molecule has 1 fully saturated rings. The van der Waals surface area contributed by atoms with E-state index in [4.69, 9.17) is 0 Å². The topological polar surface area (TPSA) is 90.0 Å². The highest BCUT2D eigenvalue weighted by atomic mass is 16.4. The number of carbonyl (C=O) groups excluding carboxylic acids is 2. The first-order valence-corrected chi connectivity index (χ1v) is 8.41. The summed E-state index contributed by atoms with van der Waals surface area (Å²) in [6.45, 7) is 2.68. The van der Waals surface area contributed by atoms with Crippen molar-refractivity contribution in [3.8, 4) is 0 Å². The van der Waals surface area contributed by atoms with Gasteiger partial charge >= 0.3 is 12.0 Å².